The molecule has 2 unspecified atom stereocenters. The number of ether oxygens (including phenoxy) is 5. The summed E-state index contributed by atoms with van der Waals surface area (Å²) in [5.74, 6) is -0.452. The maximum absolute atomic E-state index is 11.5. The van der Waals surface area contributed by atoms with E-state index < -0.39 is 17.6 Å². The van der Waals surface area contributed by atoms with Crippen LogP contribution in [0, 0.1) is 5.41 Å². The second-order valence-electron chi connectivity index (χ2n) is 5.84. The molecule has 0 heterocycles. The van der Waals surface area contributed by atoms with E-state index in [4.69, 9.17) is 29.4 Å². The van der Waals surface area contributed by atoms with Crippen LogP contribution in [0.3, 0.4) is 0 Å². The normalized spacial score (nSPS) is 15.6. The summed E-state index contributed by atoms with van der Waals surface area (Å²) in [6, 6.07) is 0. The minimum Gasteiger partial charge on any atom is -0.381 e. The Morgan fingerprint density at radius 2 is 1.57 bits per heavy atom. The van der Waals surface area contributed by atoms with E-state index in [-0.39, 0.29) is 19.3 Å². The molecule has 0 spiro atoms. The first kappa shape index (κ1) is 22.3. The van der Waals surface area contributed by atoms with Gasteiger partial charge in [-0.1, -0.05) is 0 Å². The average Bonchev–Trinajstić information content (AvgIpc) is 2.49. The molecule has 0 saturated carbocycles. The summed E-state index contributed by atoms with van der Waals surface area (Å²) in [5, 5.41) is 0. The lowest BCUT2D eigenvalue weighted by Gasteiger charge is -2.27. The number of hydrogen-bond acceptors (Lipinski definition) is 6. The Labute approximate surface area is 139 Å². The van der Waals surface area contributed by atoms with Crippen molar-refractivity contribution < 1.29 is 28.5 Å². The van der Waals surface area contributed by atoms with Gasteiger partial charge >= 0.3 is 0 Å². The van der Waals surface area contributed by atoms with Crippen LogP contribution in [0.2, 0.25) is 0 Å². The fraction of sp³-hybridized carbons (Fsp3) is 0.938. The van der Waals surface area contributed by atoms with Crippen LogP contribution in [0.4, 0.5) is 0 Å². The molecule has 7 heteroatoms. The van der Waals surface area contributed by atoms with Crippen LogP contribution in [0.5, 0.6) is 0 Å². The van der Waals surface area contributed by atoms with Crippen molar-refractivity contribution in [3.63, 3.8) is 0 Å². The minimum atomic E-state index is -0.863. The lowest BCUT2D eigenvalue weighted by Crippen LogP contribution is -2.43. The number of amides is 1. The van der Waals surface area contributed by atoms with E-state index >= 15 is 0 Å². The third-order valence-corrected chi connectivity index (χ3v) is 3.12. The van der Waals surface area contributed by atoms with Crippen LogP contribution < -0.4 is 5.73 Å². The summed E-state index contributed by atoms with van der Waals surface area (Å²) in [4.78, 5) is 11.5. The number of primary amides is 1. The van der Waals surface area contributed by atoms with E-state index in [0.717, 1.165) is 0 Å². The smallest absolute Gasteiger partial charge is 0.228 e. The van der Waals surface area contributed by atoms with Gasteiger partial charge in [0.25, 0.3) is 0 Å². The molecule has 0 radical (unpaired) electrons. The molecular formula is C16H33NO6. The average molecular weight is 335 g/mol. The highest BCUT2D eigenvalue weighted by molar-refractivity contribution is 5.80. The van der Waals surface area contributed by atoms with E-state index in [1.807, 2.05) is 20.8 Å². The Morgan fingerprint density at radius 1 is 0.957 bits per heavy atom. The molecule has 0 aromatic carbocycles. The van der Waals surface area contributed by atoms with Gasteiger partial charge in [-0.3, -0.25) is 4.79 Å². The van der Waals surface area contributed by atoms with Gasteiger partial charge in [-0.25, -0.2) is 0 Å². The highest BCUT2D eigenvalue weighted by Crippen LogP contribution is 2.18. The number of hydrogen-bond donors (Lipinski definition) is 1. The Balaban J connectivity index is 3.79. The molecule has 1 amide bonds. The number of nitrogens with two attached hydrogens (primary N) is 1. The van der Waals surface area contributed by atoms with E-state index in [0.29, 0.717) is 33.0 Å². The van der Waals surface area contributed by atoms with Crippen LogP contribution >= 0.6 is 0 Å². The molecule has 23 heavy (non-hydrogen) atoms. The topological polar surface area (TPSA) is 89.2 Å². The van der Waals surface area contributed by atoms with Crippen molar-refractivity contribution >= 4 is 5.91 Å². The van der Waals surface area contributed by atoms with E-state index in [1.165, 1.54) is 0 Å². The number of rotatable bonds is 15. The summed E-state index contributed by atoms with van der Waals surface area (Å²) in [5.41, 5.74) is 4.55. The summed E-state index contributed by atoms with van der Waals surface area (Å²) in [7, 11) is 0. The van der Waals surface area contributed by atoms with Gasteiger partial charge in [-0.15, -0.1) is 0 Å². The molecular weight excluding hydrogens is 302 g/mol. The van der Waals surface area contributed by atoms with Crippen LogP contribution in [-0.2, 0) is 28.5 Å². The summed E-state index contributed by atoms with van der Waals surface area (Å²) < 4.78 is 27.0. The van der Waals surface area contributed by atoms with Gasteiger partial charge in [-0.05, 0) is 34.6 Å². The van der Waals surface area contributed by atoms with Crippen LogP contribution in [0.1, 0.15) is 34.6 Å². The molecule has 0 aromatic rings. The van der Waals surface area contributed by atoms with Crippen molar-refractivity contribution in [2.45, 2.75) is 47.0 Å². The number of carbonyl (C=O) groups is 1. The van der Waals surface area contributed by atoms with Crippen LogP contribution in [0.25, 0.3) is 0 Å². The second-order valence-corrected chi connectivity index (χ2v) is 5.84. The van der Waals surface area contributed by atoms with Crippen molar-refractivity contribution in [3.8, 4) is 0 Å². The first-order valence-electron chi connectivity index (χ1n) is 8.12. The third kappa shape index (κ3) is 11.4. The Bertz CT molecular complexity index is 313. The Hall–Kier alpha value is -0.730. The standard InChI is InChI=1S/C16H33NO6/c1-6-19-11-16(5,15(17)18)12-23-14(4)22-10-8-20-7-9-21-13(2)3/h13-14H,6-12H2,1-5H3,(H2,17,18). The second kappa shape index (κ2) is 12.7. The zero-order valence-electron chi connectivity index (χ0n) is 15.1. The van der Waals surface area contributed by atoms with Crippen molar-refractivity contribution in [1.29, 1.82) is 0 Å². The van der Waals surface area contributed by atoms with Crippen LogP contribution in [0.15, 0.2) is 0 Å². The van der Waals surface area contributed by atoms with Gasteiger partial charge in [0.2, 0.25) is 5.91 Å². The van der Waals surface area contributed by atoms with Gasteiger partial charge in [-0.2, -0.15) is 0 Å². The van der Waals surface area contributed by atoms with Gasteiger partial charge in [0.05, 0.1) is 51.2 Å². The zero-order chi connectivity index (χ0) is 17.7. The zero-order valence-corrected chi connectivity index (χ0v) is 15.1. The minimum absolute atomic E-state index is 0.145. The Kier molecular flexibility index (Phi) is 12.3. The largest absolute Gasteiger partial charge is 0.381 e. The third-order valence-electron chi connectivity index (χ3n) is 3.12. The quantitative estimate of drug-likeness (QED) is 0.359. The van der Waals surface area contributed by atoms with Crippen molar-refractivity contribution in [2.75, 3.05) is 46.2 Å². The van der Waals surface area contributed by atoms with Crippen molar-refractivity contribution in [2.24, 2.45) is 11.1 Å². The molecule has 0 aromatic heterocycles. The fourth-order valence-corrected chi connectivity index (χ4v) is 1.58. The molecule has 0 bridgehead atoms. The highest BCUT2D eigenvalue weighted by Gasteiger charge is 2.32. The highest BCUT2D eigenvalue weighted by atomic mass is 16.7. The summed E-state index contributed by atoms with van der Waals surface area (Å²) >= 11 is 0. The van der Waals surface area contributed by atoms with Crippen molar-refractivity contribution in [3.05, 3.63) is 0 Å². The first-order valence-corrected chi connectivity index (χ1v) is 8.12. The van der Waals surface area contributed by atoms with Gasteiger partial charge in [0.1, 0.15) is 0 Å². The van der Waals surface area contributed by atoms with E-state index in [9.17, 15) is 4.79 Å². The predicted octanol–water partition coefficient (Wildman–Crippen LogP) is 1.34. The molecule has 0 aliphatic rings. The predicted molar refractivity (Wildman–Crippen MR) is 87.1 cm³/mol. The van der Waals surface area contributed by atoms with Gasteiger partial charge in [0.15, 0.2) is 6.29 Å². The molecule has 7 nitrogen and oxygen atoms in total. The SMILES string of the molecule is CCOCC(C)(COC(C)OCCOCCOC(C)C)C(N)=O. The molecule has 2 N–H and O–H groups in total. The molecule has 0 rings (SSSR count). The van der Waals surface area contributed by atoms with Gasteiger partial charge < -0.3 is 29.4 Å². The number of carbonyl (C=O) groups excluding carboxylic acids is 1. The summed E-state index contributed by atoms with van der Waals surface area (Å²) in [6.45, 7) is 12.2. The molecule has 0 saturated heterocycles. The monoisotopic (exact) mass is 335 g/mol. The molecule has 0 aliphatic heterocycles. The van der Waals surface area contributed by atoms with Crippen molar-refractivity contribution in [1.82, 2.24) is 0 Å². The lowest BCUT2D eigenvalue weighted by atomic mass is 9.92. The fourth-order valence-electron chi connectivity index (χ4n) is 1.58. The maximum Gasteiger partial charge on any atom is 0.228 e. The molecule has 138 valence electrons. The maximum atomic E-state index is 11.5. The van der Waals surface area contributed by atoms with E-state index in [1.54, 1.807) is 13.8 Å². The van der Waals surface area contributed by atoms with Crippen LogP contribution in [-0.4, -0.2) is 64.5 Å². The summed E-state index contributed by atoms with van der Waals surface area (Å²) in [6.07, 6.45) is -0.245. The molecule has 2 atom stereocenters. The van der Waals surface area contributed by atoms with E-state index in [2.05, 4.69) is 0 Å². The molecule has 0 aliphatic carbocycles. The molecule has 0 fully saturated rings. The van der Waals surface area contributed by atoms with Gasteiger partial charge in [0, 0.05) is 6.61 Å². The Morgan fingerprint density at radius 3 is 2.09 bits per heavy atom. The first-order chi connectivity index (χ1) is 10.8. The lowest BCUT2D eigenvalue weighted by molar-refractivity contribution is -0.168.